The van der Waals surface area contributed by atoms with Gasteiger partial charge in [0.15, 0.2) is 0 Å². The third-order valence-corrected chi connectivity index (χ3v) is 5.75. The number of imidazole rings is 1. The van der Waals surface area contributed by atoms with Gasteiger partial charge >= 0.3 is 5.97 Å². The maximum atomic E-state index is 11.6. The second kappa shape index (κ2) is 9.44. The fourth-order valence-corrected chi connectivity index (χ4v) is 3.95. The molecule has 0 saturated carbocycles. The Labute approximate surface area is 202 Å². The molecule has 8 heteroatoms. The van der Waals surface area contributed by atoms with Crippen LogP contribution in [0.3, 0.4) is 0 Å². The van der Waals surface area contributed by atoms with Crippen molar-refractivity contribution in [3.05, 3.63) is 78.6 Å². The minimum Gasteiger partial charge on any atom is -0.492 e. The van der Waals surface area contributed by atoms with Crippen LogP contribution in [0, 0.1) is 0 Å². The summed E-state index contributed by atoms with van der Waals surface area (Å²) in [6.45, 7) is 1.44. The minimum absolute atomic E-state index is 0.207. The third kappa shape index (κ3) is 4.64. The zero-order chi connectivity index (χ0) is 24.4. The Morgan fingerprint density at radius 2 is 1.89 bits per heavy atom. The van der Waals surface area contributed by atoms with Crippen LogP contribution in [0.25, 0.3) is 44.9 Å². The zero-order valence-electron chi connectivity index (χ0n) is 19.4. The maximum absolute atomic E-state index is 11.6. The molecule has 5 aromatic rings. The van der Waals surface area contributed by atoms with Gasteiger partial charge in [-0.05, 0) is 62.6 Å². The molecule has 176 valence electrons. The molecule has 3 N–H and O–H groups in total. The normalized spacial score (nSPS) is 11.3. The molecule has 3 heterocycles. The summed E-state index contributed by atoms with van der Waals surface area (Å²) in [5, 5.41) is 10.4. The smallest absolute Gasteiger partial charge is 0.335 e. The minimum atomic E-state index is -0.981. The van der Waals surface area contributed by atoms with E-state index in [0.717, 1.165) is 40.1 Å². The molecule has 0 aliphatic heterocycles. The quantitative estimate of drug-likeness (QED) is 0.299. The summed E-state index contributed by atoms with van der Waals surface area (Å²) in [5.41, 5.74) is 4.97. The molecule has 0 aliphatic carbocycles. The van der Waals surface area contributed by atoms with E-state index in [-0.39, 0.29) is 5.56 Å². The van der Waals surface area contributed by atoms with Gasteiger partial charge in [-0.25, -0.2) is 14.8 Å². The van der Waals surface area contributed by atoms with Crippen molar-refractivity contribution >= 4 is 17.0 Å². The third-order valence-electron chi connectivity index (χ3n) is 5.75. The summed E-state index contributed by atoms with van der Waals surface area (Å²) < 4.78 is 5.81. The largest absolute Gasteiger partial charge is 0.492 e. The Balaban J connectivity index is 1.58. The van der Waals surface area contributed by atoms with Crippen LogP contribution in [0.15, 0.2) is 73.1 Å². The van der Waals surface area contributed by atoms with Gasteiger partial charge in [0, 0.05) is 41.0 Å². The lowest BCUT2D eigenvalue weighted by molar-refractivity contribution is 0.0697. The summed E-state index contributed by atoms with van der Waals surface area (Å²) in [5.74, 6) is 0.488. The molecule has 3 aromatic heterocycles. The van der Waals surface area contributed by atoms with Crippen molar-refractivity contribution in [3.8, 4) is 39.7 Å². The molecular weight excluding hydrogens is 442 g/mol. The number of nitrogens with zero attached hydrogens (tertiary/aromatic N) is 3. The van der Waals surface area contributed by atoms with Crippen molar-refractivity contribution in [1.29, 1.82) is 0 Å². The number of hydrogen-bond acceptors (Lipinski definition) is 5. The van der Waals surface area contributed by atoms with Crippen LogP contribution in [0.4, 0.5) is 0 Å². The van der Waals surface area contributed by atoms with E-state index in [4.69, 9.17) is 9.72 Å². The lowest BCUT2D eigenvalue weighted by atomic mass is 10.0. The van der Waals surface area contributed by atoms with Crippen LogP contribution in [0.2, 0.25) is 0 Å². The molecule has 0 atom stereocenters. The van der Waals surface area contributed by atoms with E-state index < -0.39 is 5.97 Å². The second-order valence-electron chi connectivity index (χ2n) is 8.47. The number of carboxylic acids is 1. The van der Waals surface area contributed by atoms with Crippen molar-refractivity contribution in [3.63, 3.8) is 0 Å². The zero-order valence-corrected chi connectivity index (χ0v) is 19.4. The first-order valence-electron chi connectivity index (χ1n) is 11.2. The molecule has 0 fully saturated rings. The number of aromatic carboxylic acids is 1. The monoisotopic (exact) mass is 467 g/mol. The van der Waals surface area contributed by atoms with Crippen LogP contribution in [-0.2, 0) is 0 Å². The molecule has 0 bridgehead atoms. The van der Waals surface area contributed by atoms with E-state index in [1.165, 1.54) is 0 Å². The lowest BCUT2D eigenvalue weighted by Crippen LogP contribution is -2.19. The average molecular weight is 468 g/mol. The molecule has 0 radical (unpaired) electrons. The first-order chi connectivity index (χ1) is 17.0. The fourth-order valence-electron chi connectivity index (χ4n) is 3.95. The summed E-state index contributed by atoms with van der Waals surface area (Å²) >= 11 is 0. The Bertz CT molecular complexity index is 1480. The molecule has 8 nitrogen and oxygen atoms in total. The van der Waals surface area contributed by atoms with Crippen molar-refractivity contribution in [2.24, 2.45) is 0 Å². The highest BCUT2D eigenvalue weighted by molar-refractivity contribution is 5.97. The summed E-state index contributed by atoms with van der Waals surface area (Å²) in [6.07, 6.45) is 3.59. The van der Waals surface area contributed by atoms with Gasteiger partial charge in [0.1, 0.15) is 23.8 Å². The standard InChI is InChI=1S/C27H25N5O3/c1-32(2)14-15-35-20-8-6-17(7-9-20)25-30-23(18-4-3-5-19(16-18)27(33)34)24(31-25)21-10-12-28-26-22(21)11-13-29-26/h3-13,16H,14-15H2,1-2H3,(H,28,29)(H,30,31)(H,33,34). The van der Waals surface area contributed by atoms with Crippen LogP contribution in [-0.4, -0.2) is 63.2 Å². The van der Waals surface area contributed by atoms with Crippen molar-refractivity contribution < 1.29 is 14.6 Å². The van der Waals surface area contributed by atoms with Gasteiger partial charge in [0.05, 0.1) is 17.0 Å². The molecule has 0 saturated heterocycles. The molecule has 35 heavy (non-hydrogen) atoms. The number of nitrogens with one attached hydrogen (secondary N) is 2. The number of ether oxygens (including phenoxy) is 1. The summed E-state index contributed by atoms with van der Waals surface area (Å²) in [4.78, 5) is 29.6. The molecule has 0 amide bonds. The summed E-state index contributed by atoms with van der Waals surface area (Å²) in [6, 6.07) is 18.5. The predicted molar refractivity (Wildman–Crippen MR) is 136 cm³/mol. The molecule has 0 aliphatic rings. The van der Waals surface area contributed by atoms with Gasteiger partial charge in [0.2, 0.25) is 0 Å². The van der Waals surface area contributed by atoms with Gasteiger partial charge < -0.3 is 24.7 Å². The Morgan fingerprint density at radius 1 is 1.06 bits per heavy atom. The number of benzene rings is 2. The number of carbonyl (C=O) groups is 1. The second-order valence-corrected chi connectivity index (χ2v) is 8.47. The topological polar surface area (TPSA) is 107 Å². The molecule has 0 spiro atoms. The maximum Gasteiger partial charge on any atom is 0.335 e. The van der Waals surface area contributed by atoms with Crippen LogP contribution >= 0.6 is 0 Å². The number of H-pyrrole nitrogens is 2. The number of aromatic amines is 2. The van der Waals surface area contributed by atoms with E-state index in [9.17, 15) is 9.90 Å². The number of hydrogen-bond donors (Lipinski definition) is 3. The summed E-state index contributed by atoms with van der Waals surface area (Å²) in [7, 11) is 4.02. The number of aromatic nitrogens is 4. The van der Waals surface area contributed by atoms with Gasteiger partial charge in [-0.1, -0.05) is 12.1 Å². The number of likely N-dealkylation sites (N-methyl/N-ethyl adjacent to an activating group) is 1. The van der Waals surface area contributed by atoms with Gasteiger partial charge in [-0.2, -0.15) is 0 Å². The lowest BCUT2D eigenvalue weighted by Gasteiger charge is -2.11. The van der Waals surface area contributed by atoms with Gasteiger partial charge in [-0.15, -0.1) is 0 Å². The van der Waals surface area contributed by atoms with E-state index >= 15 is 0 Å². The van der Waals surface area contributed by atoms with Crippen LogP contribution in [0.1, 0.15) is 10.4 Å². The predicted octanol–water partition coefficient (Wildman–Crippen LogP) is 4.93. The first-order valence-corrected chi connectivity index (χ1v) is 11.2. The van der Waals surface area contributed by atoms with E-state index in [2.05, 4.69) is 19.9 Å². The van der Waals surface area contributed by atoms with Crippen LogP contribution < -0.4 is 4.74 Å². The Morgan fingerprint density at radius 3 is 2.66 bits per heavy atom. The molecular formula is C27H25N5O3. The van der Waals surface area contributed by atoms with E-state index in [0.29, 0.717) is 23.7 Å². The van der Waals surface area contributed by atoms with Gasteiger partial charge in [-0.3, -0.25) is 0 Å². The molecule has 5 rings (SSSR count). The molecule has 0 unspecified atom stereocenters. The van der Waals surface area contributed by atoms with Crippen molar-refractivity contribution in [1.82, 2.24) is 24.8 Å². The van der Waals surface area contributed by atoms with Crippen LogP contribution in [0.5, 0.6) is 5.75 Å². The first kappa shape index (κ1) is 22.4. The van der Waals surface area contributed by atoms with E-state index in [1.54, 1.807) is 24.4 Å². The number of carboxylic acid groups (broad SMARTS) is 1. The number of rotatable bonds is 8. The Kier molecular flexibility index (Phi) is 6.03. The average Bonchev–Trinajstić information content (AvgIpc) is 3.52. The highest BCUT2D eigenvalue weighted by Crippen LogP contribution is 2.36. The number of fused-ring (bicyclic) bond motifs is 1. The molecule has 2 aromatic carbocycles. The highest BCUT2D eigenvalue weighted by atomic mass is 16.5. The van der Waals surface area contributed by atoms with Crippen molar-refractivity contribution in [2.45, 2.75) is 0 Å². The Hall–Kier alpha value is -4.43. The van der Waals surface area contributed by atoms with Crippen molar-refractivity contribution in [2.75, 3.05) is 27.2 Å². The highest BCUT2D eigenvalue weighted by Gasteiger charge is 2.19. The fraction of sp³-hybridized carbons (Fsp3) is 0.148. The SMILES string of the molecule is CN(C)CCOc1ccc(-c2nc(-c3cccc(C(=O)O)c3)c(-c3ccnc4[nH]ccc34)[nH]2)cc1. The number of pyridine rings is 1. The van der Waals surface area contributed by atoms with Gasteiger partial charge in [0.25, 0.3) is 0 Å². The van der Waals surface area contributed by atoms with E-state index in [1.807, 2.05) is 62.8 Å².